The maximum Gasteiger partial charge on any atom is 0.490 e. The summed E-state index contributed by atoms with van der Waals surface area (Å²) in [4.78, 5) is 47.8. The Morgan fingerprint density at radius 2 is 1.87 bits per heavy atom. The lowest BCUT2D eigenvalue weighted by Gasteiger charge is -2.19. The van der Waals surface area contributed by atoms with E-state index in [4.69, 9.17) is 25.2 Å². The number of phosphoric acid groups is 3. The Morgan fingerprint density at radius 1 is 1.17 bits per heavy atom. The fraction of sp³-hybridized carbons (Fsp3) is 0.545. The van der Waals surface area contributed by atoms with Crippen molar-refractivity contribution in [1.82, 2.24) is 19.5 Å². The quantitative estimate of drug-likeness (QED) is 0.320. The molecule has 2 aromatic heterocycles. The van der Waals surface area contributed by atoms with Crippen LogP contribution in [0.15, 0.2) is 12.7 Å². The first-order chi connectivity index (χ1) is 13.8. The van der Waals surface area contributed by atoms with E-state index in [0.717, 1.165) is 0 Å². The lowest BCUT2D eigenvalue weighted by atomic mass is 10.0. The molecule has 1 saturated heterocycles. The van der Waals surface area contributed by atoms with E-state index in [0.29, 0.717) is 17.6 Å². The topological polar surface area (TPSA) is 239 Å². The molecule has 5 unspecified atom stereocenters. The molecule has 0 amide bonds. The average molecular weight is 489 g/mol. The largest absolute Gasteiger partial charge is 0.490 e. The van der Waals surface area contributed by atoms with E-state index < -0.39 is 42.4 Å². The van der Waals surface area contributed by atoms with Crippen molar-refractivity contribution in [2.24, 2.45) is 5.92 Å². The summed E-state index contributed by atoms with van der Waals surface area (Å²) >= 11 is 0. The molecule has 3 heterocycles. The Balaban J connectivity index is 1.64. The van der Waals surface area contributed by atoms with Crippen LogP contribution in [0.5, 0.6) is 0 Å². The third kappa shape index (κ3) is 5.69. The fourth-order valence-corrected chi connectivity index (χ4v) is 5.83. The van der Waals surface area contributed by atoms with Crippen LogP contribution in [0.1, 0.15) is 19.6 Å². The van der Waals surface area contributed by atoms with Gasteiger partial charge in [-0.05, 0) is 12.3 Å². The van der Waals surface area contributed by atoms with E-state index in [9.17, 15) is 18.6 Å². The van der Waals surface area contributed by atoms with Gasteiger partial charge in [0.2, 0.25) is 0 Å². The Hall–Kier alpha value is -1.28. The van der Waals surface area contributed by atoms with Crippen molar-refractivity contribution < 1.29 is 51.2 Å². The third-order valence-electron chi connectivity index (χ3n) is 4.06. The number of phosphoric ester groups is 1. The van der Waals surface area contributed by atoms with Crippen LogP contribution < -0.4 is 5.73 Å². The van der Waals surface area contributed by atoms with Gasteiger partial charge in [-0.2, -0.15) is 8.62 Å². The van der Waals surface area contributed by atoms with E-state index in [-0.39, 0.29) is 11.7 Å². The van der Waals surface area contributed by atoms with Crippen LogP contribution in [0.4, 0.5) is 5.82 Å². The second-order valence-electron chi connectivity index (χ2n) is 6.31. The van der Waals surface area contributed by atoms with Crippen molar-refractivity contribution in [2.75, 3.05) is 12.3 Å². The first-order valence-corrected chi connectivity index (χ1v) is 12.7. The van der Waals surface area contributed by atoms with Crippen molar-refractivity contribution in [3.05, 3.63) is 12.7 Å². The summed E-state index contributed by atoms with van der Waals surface area (Å²) in [6.45, 7) is 1.23. The van der Waals surface area contributed by atoms with Crippen LogP contribution >= 0.6 is 23.5 Å². The summed E-state index contributed by atoms with van der Waals surface area (Å²) in [6, 6.07) is 0. The molecule has 16 nitrogen and oxygen atoms in total. The Morgan fingerprint density at radius 3 is 2.53 bits per heavy atom. The molecule has 30 heavy (non-hydrogen) atoms. The van der Waals surface area contributed by atoms with Gasteiger partial charge in [0.15, 0.2) is 11.5 Å². The number of imidazole rings is 1. The molecule has 3 rings (SSSR count). The SMILES string of the molecule is CC1CC(n2cnc3c(N)ncnc32)OC1COP(=O)(O)OP(=O)(O)OP(=O)(O)O. The van der Waals surface area contributed by atoms with Crippen LogP contribution in [0.25, 0.3) is 11.2 Å². The molecule has 19 heteroatoms. The van der Waals surface area contributed by atoms with Gasteiger partial charge in [-0.15, -0.1) is 0 Å². The van der Waals surface area contributed by atoms with E-state index in [2.05, 4.69) is 28.1 Å². The average Bonchev–Trinajstić information content (AvgIpc) is 3.14. The van der Waals surface area contributed by atoms with Gasteiger partial charge >= 0.3 is 23.5 Å². The van der Waals surface area contributed by atoms with Crippen molar-refractivity contribution in [3.8, 4) is 0 Å². The number of anilines is 1. The van der Waals surface area contributed by atoms with Gasteiger partial charge < -0.3 is 30.0 Å². The van der Waals surface area contributed by atoms with Gasteiger partial charge in [-0.1, -0.05) is 6.92 Å². The van der Waals surface area contributed by atoms with E-state index in [1.54, 1.807) is 11.5 Å². The zero-order valence-electron chi connectivity index (χ0n) is 15.2. The molecular weight excluding hydrogens is 471 g/mol. The Bertz CT molecular complexity index is 1070. The molecule has 1 aliphatic heterocycles. The molecule has 1 fully saturated rings. The molecule has 2 aromatic rings. The molecule has 6 N–H and O–H groups in total. The zero-order valence-corrected chi connectivity index (χ0v) is 17.8. The molecule has 0 radical (unpaired) electrons. The fourth-order valence-electron chi connectivity index (χ4n) is 2.80. The highest BCUT2D eigenvalue weighted by Crippen LogP contribution is 2.66. The van der Waals surface area contributed by atoms with Gasteiger partial charge in [0.1, 0.15) is 18.1 Å². The van der Waals surface area contributed by atoms with Gasteiger partial charge in [0, 0.05) is 0 Å². The summed E-state index contributed by atoms with van der Waals surface area (Å²) in [5.41, 5.74) is 6.55. The van der Waals surface area contributed by atoms with Gasteiger partial charge in [-0.3, -0.25) is 9.09 Å². The summed E-state index contributed by atoms with van der Waals surface area (Å²) in [5.74, 6) is -0.00655. The highest BCUT2D eigenvalue weighted by molar-refractivity contribution is 7.66. The second-order valence-corrected chi connectivity index (χ2v) is 10.7. The predicted molar refractivity (Wildman–Crippen MR) is 97.2 cm³/mol. The molecule has 1 aliphatic rings. The normalized spacial score (nSPS) is 26.5. The molecule has 168 valence electrons. The lowest BCUT2D eigenvalue weighted by Crippen LogP contribution is -2.20. The highest BCUT2D eigenvalue weighted by Gasteiger charge is 2.42. The number of nitrogens with zero attached hydrogens (tertiary/aromatic N) is 4. The molecule has 0 bridgehead atoms. The summed E-state index contributed by atoms with van der Waals surface area (Å²) in [6.07, 6.45) is 1.86. The van der Waals surface area contributed by atoms with Crippen LogP contribution in [0, 0.1) is 5.92 Å². The summed E-state index contributed by atoms with van der Waals surface area (Å²) < 4.78 is 53.2. The van der Waals surface area contributed by atoms with Crippen molar-refractivity contribution in [1.29, 1.82) is 0 Å². The second kappa shape index (κ2) is 8.34. The molecular formula is C11H18N5O11P3. The maximum absolute atomic E-state index is 11.8. The highest BCUT2D eigenvalue weighted by atomic mass is 31.3. The van der Waals surface area contributed by atoms with Crippen LogP contribution in [0.2, 0.25) is 0 Å². The molecule has 5 atom stereocenters. The smallest absolute Gasteiger partial charge is 0.382 e. The minimum Gasteiger partial charge on any atom is -0.382 e. The Kier molecular flexibility index (Phi) is 6.50. The van der Waals surface area contributed by atoms with E-state index >= 15 is 0 Å². The molecule has 0 aliphatic carbocycles. The van der Waals surface area contributed by atoms with Gasteiger partial charge in [0.25, 0.3) is 0 Å². The van der Waals surface area contributed by atoms with Crippen LogP contribution in [-0.4, -0.2) is 51.8 Å². The maximum atomic E-state index is 11.8. The van der Waals surface area contributed by atoms with Crippen LogP contribution in [0.3, 0.4) is 0 Å². The number of ether oxygens (including phenoxy) is 1. The number of fused-ring (bicyclic) bond motifs is 1. The molecule has 0 spiro atoms. The van der Waals surface area contributed by atoms with Crippen molar-refractivity contribution in [2.45, 2.75) is 25.7 Å². The minimum absolute atomic E-state index is 0.189. The number of hydrogen-bond donors (Lipinski definition) is 5. The predicted octanol–water partition coefficient (Wildman–Crippen LogP) is 0.675. The van der Waals surface area contributed by atoms with E-state index in [1.807, 2.05) is 0 Å². The number of rotatable bonds is 8. The summed E-state index contributed by atoms with van der Waals surface area (Å²) in [5, 5.41) is 0. The molecule has 0 aromatic carbocycles. The lowest BCUT2D eigenvalue weighted by molar-refractivity contribution is -0.0273. The number of hydrogen-bond acceptors (Lipinski definition) is 11. The number of nitrogen functional groups attached to an aromatic ring is 1. The third-order valence-corrected chi connectivity index (χ3v) is 7.86. The van der Waals surface area contributed by atoms with Crippen LogP contribution in [-0.2, 0) is 31.6 Å². The Labute approximate surface area is 168 Å². The first-order valence-electron chi connectivity index (χ1n) is 8.13. The van der Waals surface area contributed by atoms with E-state index in [1.165, 1.54) is 12.7 Å². The summed E-state index contributed by atoms with van der Waals surface area (Å²) in [7, 11) is -16.3. The molecule has 0 saturated carbocycles. The first kappa shape index (κ1) is 23.4. The van der Waals surface area contributed by atoms with Crippen molar-refractivity contribution >= 4 is 40.4 Å². The monoisotopic (exact) mass is 489 g/mol. The number of nitrogens with two attached hydrogens (primary N) is 1. The van der Waals surface area contributed by atoms with Crippen molar-refractivity contribution in [3.63, 3.8) is 0 Å². The van der Waals surface area contributed by atoms with Gasteiger partial charge in [0.05, 0.1) is 19.0 Å². The minimum atomic E-state index is -5.58. The zero-order chi connectivity index (χ0) is 22.3. The number of aromatic nitrogens is 4. The standard InChI is InChI=1S/C11H18N5O11P3/c1-6-2-8(16-5-15-9-10(12)13-4-14-11(9)16)25-7(6)3-24-29(20,21)27-30(22,23)26-28(17,18)19/h4-8H,2-3H2,1H3,(H,20,21)(H,22,23)(H2,12,13,14)(H2,17,18,19). The van der Waals surface area contributed by atoms with Gasteiger partial charge in [-0.25, -0.2) is 28.6 Å².